The highest BCUT2D eigenvalue weighted by Crippen LogP contribution is 2.24. The van der Waals surface area contributed by atoms with E-state index in [0.29, 0.717) is 11.6 Å². The van der Waals surface area contributed by atoms with Crippen LogP contribution < -0.4 is 10.1 Å². The summed E-state index contributed by atoms with van der Waals surface area (Å²) in [6.07, 6.45) is 1.24. The second kappa shape index (κ2) is 6.91. The molecule has 7 heteroatoms. The van der Waals surface area contributed by atoms with Crippen molar-refractivity contribution in [1.29, 1.82) is 0 Å². The van der Waals surface area contributed by atoms with Gasteiger partial charge in [0.25, 0.3) is 5.91 Å². The van der Waals surface area contributed by atoms with Gasteiger partial charge in [0.1, 0.15) is 0 Å². The normalized spacial score (nSPS) is 10.4. The zero-order chi connectivity index (χ0) is 16.9. The second-order valence-electron chi connectivity index (χ2n) is 4.82. The molecule has 1 aromatic heterocycles. The van der Waals surface area contributed by atoms with E-state index in [-0.39, 0.29) is 17.9 Å². The fraction of sp³-hybridized carbons (Fsp3) is 0.118. The van der Waals surface area contributed by atoms with Gasteiger partial charge in [-0.3, -0.25) is 4.79 Å². The third-order valence-corrected chi connectivity index (χ3v) is 3.25. The number of nitrogens with zero attached hydrogens (tertiary/aromatic N) is 2. The molecule has 0 atom stereocenters. The monoisotopic (exact) mass is 327 g/mol. The first-order chi connectivity index (χ1) is 11.7. The second-order valence-corrected chi connectivity index (χ2v) is 4.82. The summed E-state index contributed by atoms with van der Waals surface area (Å²) in [7, 11) is 0. The number of hydrogen-bond donors (Lipinski definition) is 1. The summed E-state index contributed by atoms with van der Waals surface area (Å²) in [6.45, 7) is 1.99. The van der Waals surface area contributed by atoms with Crippen LogP contribution in [0.5, 0.6) is 5.75 Å². The molecule has 0 aliphatic carbocycles. The van der Waals surface area contributed by atoms with E-state index in [2.05, 4.69) is 15.5 Å². The summed E-state index contributed by atoms with van der Waals surface area (Å²) in [6, 6.07) is 11.1. The molecule has 3 rings (SSSR count). The molecule has 0 aliphatic heterocycles. The molecule has 1 N–H and O–H groups in total. The van der Waals surface area contributed by atoms with Gasteiger partial charge in [0.2, 0.25) is 12.3 Å². The zero-order valence-corrected chi connectivity index (χ0v) is 12.8. The Morgan fingerprint density at radius 1 is 1.25 bits per heavy atom. The van der Waals surface area contributed by atoms with Gasteiger partial charge in [0, 0.05) is 11.3 Å². The lowest BCUT2D eigenvalue weighted by molar-refractivity contribution is 0.102. The summed E-state index contributed by atoms with van der Waals surface area (Å²) in [5, 5.41) is 10.1. The number of anilines is 1. The number of carbonyl (C=O) groups is 1. The molecule has 0 unspecified atom stereocenters. The van der Waals surface area contributed by atoms with Crippen molar-refractivity contribution in [1.82, 2.24) is 10.2 Å². The van der Waals surface area contributed by atoms with E-state index in [1.165, 1.54) is 24.6 Å². The predicted molar refractivity (Wildman–Crippen MR) is 85.3 cm³/mol. The summed E-state index contributed by atoms with van der Waals surface area (Å²) >= 11 is 0. The predicted octanol–water partition coefficient (Wildman–Crippen LogP) is 3.53. The van der Waals surface area contributed by atoms with Crippen molar-refractivity contribution >= 4 is 11.6 Å². The zero-order valence-electron chi connectivity index (χ0n) is 12.8. The third kappa shape index (κ3) is 3.24. The number of benzene rings is 2. The average Bonchev–Trinajstić information content (AvgIpc) is 3.12. The van der Waals surface area contributed by atoms with Crippen LogP contribution in [0.4, 0.5) is 10.1 Å². The van der Waals surface area contributed by atoms with Gasteiger partial charge < -0.3 is 14.5 Å². The first-order valence-corrected chi connectivity index (χ1v) is 7.28. The van der Waals surface area contributed by atoms with Crippen molar-refractivity contribution in [3.05, 3.63) is 60.2 Å². The third-order valence-electron chi connectivity index (χ3n) is 3.25. The Morgan fingerprint density at radius 3 is 2.71 bits per heavy atom. The molecule has 0 radical (unpaired) electrons. The van der Waals surface area contributed by atoms with Crippen LogP contribution in [-0.2, 0) is 0 Å². The molecule has 1 amide bonds. The minimum atomic E-state index is -0.573. The molecular formula is C17H14FN3O3. The fourth-order valence-corrected chi connectivity index (χ4v) is 2.17. The van der Waals surface area contributed by atoms with Crippen LogP contribution in [0.25, 0.3) is 11.5 Å². The lowest BCUT2D eigenvalue weighted by Crippen LogP contribution is -2.14. The lowest BCUT2D eigenvalue weighted by Gasteiger charge is -2.11. The van der Waals surface area contributed by atoms with Gasteiger partial charge in [-0.15, -0.1) is 10.2 Å². The minimum absolute atomic E-state index is 0.0556. The number of nitrogens with one attached hydrogen (secondary N) is 1. The maximum atomic E-state index is 13.8. The maximum Gasteiger partial charge on any atom is 0.259 e. The van der Waals surface area contributed by atoms with Crippen molar-refractivity contribution in [3.63, 3.8) is 0 Å². The molecule has 6 nitrogen and oxygen atoms in total. The minimum Gasteiger partial charge on any atom is -0.490 e. The van der Waals surface area contributed by atoms with Crippen molar-refractivity contribution in [2.24, 2.45) is 0 Å². The highest BCUT2D eigenvalue weighted by atomic mass is 19.1. The summed E-state index contributed by atoms with van der Waals surface area (Å²) in [5.41, 5.74) is 1.42. The van der Waals surface area contributed by atoms with Crippen LogP contribution in [0.2, 0.25) is 0 Å². The highest BCUT2D eigenvalue weighted by molar-refractivity contribution is 6.06. The number of hydrogen-bond acceptors (Lipinski definition) is 5. The molecule has 0 aliphatic rings. The largest absolute Gasteiger partial charge is 0.490 e. The van der Waals surface area contributed by atoms with Crippen LogP contribution in [0.1, 0.15) is 17.3 Å². The average molecular weight is 327 g/mol. The van der Waals surface area contributed by atoms with E-state index in [1.54, 1.807) is 31.2 Å². The van der Waals surface area contributed by atoms with Crippen molar-refractivity contribution in [3.8, 4) is 17.2 Å². The Bertz CT molecular complexity index is 833. The van der Waals surface area contributed by atoms with Crippen molar-refractivity contribution < 1.29 is 18.3 Å². The van der Waals surface area contributed by atoms with Crippen LogP contribution in [-0.4, -0.2) is 22.7 Å². The van der Waals surface area contributed by atoms with Crippen molar-refractivity contribution in [2.75, 3.05) is 11.9 Å². The summed E-state index contributed by atoms with van der Waals surface area (Å²) < 4.78 is 24.1. The van der Waals surface area contributed by atoms with Gasteiger partial charge >= 0.3 is 0 Å². The Kier molecular flexibility index (Phi) is 4.51. The molecule has 0 saturated carbocycles. The van der Waals surface area contributed by atoms with E-state index < -0.39 is 11.7 Å². The Labute approximate surface area is 137 Å². The molecule has 3 aromatic rings. The first-order valence-electron chi connectivity index (χ1n) is 7.28. The lowest BCUT2D eigenvalue weighted by atomic mass is 10.1. The Balaban J connectivity index is 1.79. The van der Waals surface area contributed by atoms with Gasteiger partial charge in [-0.1, -0.05) is 6.07 Å². The number of ether oxygens (including phenoxy) is 1. The number of carbonyl (C=O) groups excluding carboxylic acids is 1. The van der Waals surface area contributed by atoms with Gasteiger partial charge in [0.15, 0.2) is 11.6 Å². The SMILES string of the molecule is CCOc1c(F)cccc1C(=O)Nc1ccc(-c2nnco2)cc1. The molecule has 0 spiro atoms. The smallest absolute Gasteiger partial charge is 0.259 e. The fourth-order valence-electron chi connectivity index (χ4n) is 2.17. The van der Waals surface area contributed by atoms with Gasteiger partial charge in [-0.05, 0) is 43.3 Å². The first kappa shape index (κ1) is 15.7. The molecule has 0 bridgehead atoms. The van der Waals surface area contributed by atoms with Gasteiger partial charge in [0.05, 0.1) is 12.2 Å². The Morgan fingerprint density at radius 2 is 2.04 bits per heavy atom. The molecule has 2 aromatic carbocycles. The molecular weight excluding hydrogens is 313 g/mol. The van der Waals surface area contributed by atoms with Crippen molar-refractivity contribution in [2.45, 2.75) is 6.92 Å². The van der Waals surface area contributed by atoms with Gasteiger partial charge in [-0.2, -0.15) is 0 Å². The van der Waals surface area contributed by atoms with E-state index in [9.17, 15) is 9.18 Å². The Hall–Kier alpha value is -3.22. The van der Waals surface area contributed by atoms with E-state index >= 15 is 0 Å². The van der Waals surface area contributed by atoms with Gasteiger partial charge in [-0.25, -0.2) is 4.39 Å². The maximum absolute atomic E-state index is 13.8. The van der Waals surface area contributed by atoms with Crippen LogP contribution in [0.3, 0.4) is 0 Å². The summed E-state index contributed by atoms with van der Waals surface area (Å²) in [5.74, 6) is -0.698. The standard InChI is InChI=1S/C17H14FN3O3/c1-2-23-15-13(4-3-5-14(15)18)16(22)20-12-8-6-11(7-9-12)17-21-19-10-24-17/h3-10H,2H2,1H3,(H,20,22). The summed E-state index contributed by atoms with van der Waals surface area (Å²) in [4.78, 5) is 12.4. The molecule has 24 heavy (non-hydrogen) atoms. The van der Waals surface area contributed by atoms with Crippen LogP contribution in [0, 0.1) is 5.82 Å². The quantitative estimate of drug-likeness (QED) is 0.776. The number of para-hydroxylation sites is 1. The molecule has 122 valence electrons. The molecule has 0 fully saturated rings. The topological polar surface area (TPSA) is 77.2 Å². The number of aromatic nitrogens is 2. The van der Waals surface area contributed by atoms with E-state index in [4.69, 9.17) is 9.15 Å². The van der Waals surface area contributed by atoms with Crippen LogP contribution in [0.15, 0.2) is 53.3 Å². The number of rotatable bonds is 5. The molecule has 0 saturated heterocycles. The van der Waals surface area contributed by atoms with E-state index in [0.717, 1.165) is 5.56 Å². The number of amides is 1. The highest BCUT2D eigenvalue weighted by Gasteiger charge is 2.16. The number of halogens is 1. The van der Waals surface area contributed by atoms with E-state index in [1.807, 2.05) is 0 Å². The molecule has 1 heterocycles. The van der Waals surface area contributed by atoms with Crippen LogP contribution >= 0.6 is 0 Å².